The first kappa shape index (κ1) is 23.5. The second kappa shape index (κ2) is 9.46. The topological polar surface area (TPSA) is 60.1 Å². The molecule has 182 valence electrons. The van der Waals surface area contributed by atoms with Crippen LogP contribution in [-0.4, -0.2) is 32.2 Å². The molecule has 0 fully saturated rings. The number of aryl methyl sites for hydroxylation is 3. The summed E-state index contributed by atoms with van der Waals surface area (Å²) in [6.07, 6.45) is 1.72. The number of amides is 1. The molecule has 0 saturated heterocycles. The first-order chi connectivity index (χ1) is 17.3. The highest BCUT2D eigenvalue weighted by atomic mass is 16.2. The molecule has 0 unspecified atom stereocenters. The Kier molecular flexibility index (Phi) is 6.18. The van der Waals surface area contributed by atoms with Gasteiger partial charge in [-0.3, -0.25) is 9.59 Å². The van der Waals surface area contributed by atoms with Gasteiger partial charge in [-0.1, -0.05) is 66.2 Å². The summed E-state index contributed by atoms with van der Waals surface area (Å²) in [4.78, 5) is 28.4. The van der Waals surface area contributed by atoms with Crippen molar-refractivity contribution in [1.82, 2.24) is 19.2 Å². The van der Waals surface area contributed by atoms with Crippen molar-refractivity contribution in [2.45, 2.75) is 40.4 Å². The molecule has 6 nitrogen and oxygen atoms in total. The number of carbonyl (C=O) groups is 1. The molecule has 0 aliphatic carbocycles. The maximum Gasteiger partial charge on any atom is 0.291 e. The van der Waals surface area contributed by atoms with Gasteiger partial charge in [-0.15, -0.1) is 0 Å². The number of nitrogens with zero attached hydrogens (tertiary/aromatic N) is 4. The number of hydrogen-bond donors (Lipinski definition) is 0. The van der Waals surface area contributed by atoms with Crippen molar-refractivity contribution in [1.29, 1.82) is 0 Å². The molecule has 0 spiro atoms. The van der Waals surface area contributed by atoms with Gasteiger partial charge in [0.25, 0.3) is 5.56 Å². The summed E-state index contributed by atoms with van der Waals surface area (Å²) in [6.45, 7) is 7.27. The number of hydrogen-bond acceptors (Lipinski definition) is 3. The van der Waals surface area contributed by atoms with Gasteiger partial charge in [-0.05, 0) is 49.1 Å². The minimum atomic E-state index is -0.257. The normalized spacial score (nSPS) is 11.3. The third-order valence-electron chi connectivity index (χ3n) is 6.90. The number of likely N-dealkylation sites (N-methyl/N-ethyl adjacent to an activating group) is 1. The molecule has 36 heavy (non-hydrogen) atoms. The minimum absolute atomic E-state index is 0.109. The SMILES string of the molecule is Cc1cc(C)c(Cn2c3ccccc3c3cnn(CC(=O)N(C)Cc4ccccc4)c(=O)c32)c(C)c1. The molecule has 0 aliphatic heterocycles. The lowest BCUT2D eigenvalue weighted by atomic mass is 10.00. The van der Waals surface area contributed by atoms with E-state index in [2.05, 4.69) is 42.6 Å². The van der Waals surface area contributed by atoms with Crippen LogP contribution in [0, 0.1) is 20.8 Å². The van der Waals surface area contributed by atoms with E-state index in [4.69, 9.17) is 0 Å². The highest BCUT2D eigenvalue weighted by molar-refractivity contribution is 6.07. The first-order valence-corrected chi connectivity index (χ1v) is 12.1. The van der Waals surface area contributed by atoms with E-state index in [9.17, 15) is 9.59 Å². The summed E-state index contributed by atoms with van der Waals surface area (Å²) >= 11 is 0. The van der Waals surface area contributed by atoms with E-state index in [0.29, 0.717) is 18.6 Å². The molecular weight excluding hydrogens is 448 g/mol. The van der Waals surface area contributed by atoms with Crippen molar-refractivity contribution in [3.05, 3.63) is 111 Å². The van der Waals surface area contributed by atoms with Crippen molar-refractivity contribution < 1.29 is 4.79 Å². The average molecular weight is 479 g/mol. The zero-order chi connectivity index (χ0) is 25.4. The molecule has 6 heteroatoms. The van der Waals surface area contributed by atoms with Crippen molar-refractivity contribution in [3.8, 4) is 0 Å². The van der Waals surface area contributed by atoms with Crippen LogP contribution in [0.25, 0.3) is 21.8 Å². The van der Waals surface area contributed by atoms with E-state index < -0.39 is 0 Å². The Labute approximate surface area is 210 Å². The summed E-state index contributed by atoms with van der Waals surface area (Å²) in [6, 6.07) is 22.2. The predicted octanol–water partition coefficient (Wildman–Crippen LogP) is 4.98. The zero-order valence-corrected chi connectivity index (χ0v) is 21.2. The molecule has 2 heterocycles. The Morgan fingerprint density at radius 1 is 0.917 bits per heavy atom. The van der Waals surface area contributed by atoms with Gasteiger partial charge < -0.3 is 9.47 Å². The van der Waals surface area contributed by atoms with Crippen LogP contribution in [0.1, 0.15) is 27.8 Å². The van der Waals surface area contributed by atoms with E-state index in [1.54, 1.807) is 18.1 Å². The van der Waals surface area contributed by atoms with Gasteiger partial charge in [0.2, 0.25) is 5.91 Å². The van der Waals surface area contributed by atoms with Crippen LogP contribution in [0.15, 0.2) is 77.7 Å². The molecule has 1 amide bonds. The summed E-state index contributed by atoms with van der Waals surface area (Å²) in [7, 11) is 1.75. The van der Waals surface area contributed by atoms with Crippen molar-refractivity contribution in [3.63, 3.8) is 0 Å². The lowest BCUT2D eigenvalue weighted by Crippen LogP contribution is -2.35. The lowest BCUT2D eigenvalue weighted by molar-refractivity contribution is -0.131. The standard InChI is InChI=1S/C30H30N4O2/c1-20-14-21(2)26(22(3)15-20)18-33-27-13-9-8-12-24(27)25-16-31-34(30(36)29(25)33)19-28(35)32(4)17-23-10-6-5-7-11-23/h5-16H,17-19H2,1-4H3. The van der Waals surface area contributed by atoms with Gasteiger partial charge in [0.05, 0.1) is 6.20 Å². The van der Waals surface area contributed by atoms with Crippen LogP contribution in [0.2, 0.25) is 0 Å². The molecule has 0 aliphatic rings. The summed E-state index contributed by atoms with van der Waals surface area (Å²) < 4.78 is 3.37. The molecule has 5 rings (SSSR count). The predicted molar refractivity (Wildman–Crippen MR) is 144 cm³/mol. The molecule has 0 saturated carbocycles. The fraction of sp³-hybridized carbons (Fsp3) is 0.233. The maximum atomic E-state index is 13.8. The zero-order valence-electron chi connectivity index (χ0n) is 21.2. The van der Waals surface area contributed by atoms with Crippen LogP contribution in [-0.2, 0) is 24.4 Å². The second-order valence-corrected chi connectivity index (χ2v) is 9.59. The van der Waals surface area contributed by atoms with Gasteiger partial charge in [0.1, 0.15) is 12.1 Å². The quantitative estimate of drug-likeness (QED) is 0.346. The van der Waals surface area contributed by atoms with Gasteiger partial charge in [-0.2, -0.15) is 5.10 Å². The maximum absolute atomic E-state index is 13.8. The van der Waals surface area contributed by atoms with E-state index in [1.165, 1.54) is 26.9 Å². The highest BCUT2D eigenvalue weighted by Crippen LogP contribution is 2.28. The van der Waals surface area contributed by atoms with E-state index in [0.717, 1.165) is 21.9 Å². The number of aromatic nitrogens is 3. The van der Waals surface area contributed by atoms with Crippen molar-refractivity contribution in [2.75, 3.05) is 7.05 Å². The Balaban J connectivity index is 1.56. The fourth-order valence-electron chi connectivity index (χ4n) is 5.08. The monoisotopic (exact) mass is 478 g/mol. The third kappa shape index (κ3) is 4.31. The number of benzene rings is 3. The van der Waals surface area contributed by atoms with Gasteiger partial charge >= 0.3 is 0 Å². The van der Waals surface area contributed by atoms with Crippen LogP contribution in [0.4, 0.5) is 0 Å². The molecule has 0 radical (unpaired) electrons. The smallest absolute Gasteiger partial charge is 0.291 e. The summed E-state index contributed by atoms with van der Waals surface area (Å²) in [5.41, 5.74) is 7.15. The first-order valence-electron chi connectivity index (χ1n) is 12.1. The molecule has 3 aromatic carbocycles. The average Bonchev–Trinajstić information content (AvgIpc) is 3.17. The van der Waals surface area contributed by atoms with Crippen LogP contribution in [0.5, 0.6) is 0 Å². The molecule has 2 aromatic heterocycles. The third-order valence-corrected chi connectivity index (χ3v) is 6.90. The van der Waals surface area contributed by atoms with Gasteiger partial charge in [-0.25, -0.2) is 4.68 Å². The Morgan fingerprint density at radius 2 is 1.58 bits per heavy atom. The number of para-hydroxylation sites is 1. The Hall–Kier alpha value is -4.19. The summed E-state index contributed by atoms with van der Waals surface area (Å²) in [5, 5.41) is 6.19. The minimum Gasteiger partial charge on any atom is -0.340 e. The van der Waals surface area contributed by atoms with E-state index >= 15 is 0 Å². The number of carbonyl (C=O) groups excluding carboxylic acids is 1. The molecular formula is C30H30N4O2. The molecule has 5 aromatic rings. The van der Waals surface area contributed by atoms with E-state index in [1.807, 2.05) is 54.6 Å². The molecule has 0 atom stereocenters. The van der Waals surface area contributed by atoms with Crippen LogP contribution >= 0.6 is 0 Å². The Bertz CT molecular complexity index is 1620. The Morgan fingerprint density at radius 3 is 2.31 bits per heavy atom. The highest BCUT2D eigenvalue weighted by Gasteiger charge is 2.19. The van der Waals surface area contributed by atoms with Crippen LogP contribution < -0.4 is 5.56 Å². The summed E-state index contributed by atoms with van der Waals surface area (Å²) in [5.74, 6) is -0.166. The molecule has 0 bridgehead atoms. The second-order valence-electron chi connectivity index (χ2n) is 9.59. The largest absolute Gasteiger partial charge is 0.340 e. The number of rotatable bonds is 6. The van der Waals surface area contributed by atoms with Crippen molar-refractivity contribution in [2.24, 2.45) is 0 Å². The molecule has 0 N–H and O–H groups in total. The fourth-order valence-corrected chi connectivity index (χ4v) is 5.08. The number of fused-ring (bicyclic) bond motifs is 3. The van der Waals surface area contributed by atoms with E-state index in [-0.39, 0.29) is 18.0 Å². The van der Waals surface area contributed by atoms with Gasteiger partial charge in [0, 0.05) is 36.4 Å². The lowest BCUT2D eigenvalue weighted by Gasteiger charge is -2.18. The van der Waals surface area contributed by atoms with Crippen molar-refractivity contribution >= 4 is 27.7 Å². The van der Waals surface area contributed by atoms with Crippen LogP contribution in [0.3, 0.4) is 0 Å². The van der Waals surface area contributed by atoms with Gasteiger partial charge in [0.15, 0.2) is 0 Å².